The zero-order valence-corrected chi connectivity index (χ0v) is 13.4. The molecular weight excluding hydrogens is 278 g/mol. The van der Waals surface area contributed by atoms with Gasteiger partial charge in [0.15, 0.2) is 5.82 Å². The van der Waals surface area contributed by atoms with Gasteiger partial charge in [0.1, 0.15) is 0 Å². The van der Waals surface area contributed by atoms with E-state index < -0.39 is 0 Å². The van der Waals surface area contributed by atoms with Crippen LogP contribution in [0.25, 0.3) is 0 Å². The van der Waals surface area contributed by atoms with E-state index in [0.29, 0.717) is 11.3 Å². The highest BCUT2D eigenvalue weighted by atomic mass is 32.2. The molecule has 2 unspecified atom stereocenters. The minimum absolute atomic E-state index is 0.417. The van der Waals surface area contributed by atoms with E-state index in [2.05, 4.69) is 29.3 Å². The molecule has 1 N–H and O–H groups in total. The standard InChI is InChI=1S/C13H23N3OS2/c1-3-5-10(14-4-2)8-12-15-13(16-17-12)11-9-18-6-7-19-11/h10-11,14H,3-9H2,1-2H3. The Morgan fingerprint density at radius 2 is 2.32 bits per heavy atom. The Bertz CT molecular complexity index is 361. The summed E-state index contributed by atoms with van der Waals surface area (Å²) in [7, 11) is 0. The van der Waals surface area contributed by atoms with Gasteiger partial charge in [-0.25, -0.2) is 0 Å². The van der Waals surface area contributed by atoms with Crippen LogP contribution >= 0.6 is 23.5 Å². The summed E-state index contributed by atoms with van der Waals surface area (Å²) in [6.45, 7) is 5.33. The molecule has 0 radical (unpaired) electrons. The molecule has 2 rings (SSSR count). The maximum absolute atomic E-state index is 5.42. The molecule has 0 bridgehead atoms. The van der Waals surface area contributed by atoms with Crippen molar-refractivity contribution >= 4 is 23.5 Å². The third-order valence-corrected chi connectivity index (χ3v) is 5.89. The topological polar surface area (TPSA) is 51.0 Å². The van der Waals surface area contributed by atoms with Crippen molar-refractivity contribution < 1.29 is 4.52 Å². The molecule has 2 heterocycles. The third-order valence-electron chi connectivity index (χ3n) is 3.14. The van der Waals surface area contributed by atoms with Gasteiger partial charge < -0.3 is 9.84 Å². The molecule has 0 amide bonds. The van der Waals surface area contributed by atoms with E-state index in [-0.39, 0.29) is 0 Å². The van der Waals surface area contributed by atoms with Gasteiger partial charge in [-0.2, -0.15) is 16.7 Å². The van der Waals surface area contributed by atoms with Crippen LogP contribution in [-0.4, -0.2) is 40.0 Å². The van der Waals surface area contributed by atoms with Gasteiger partial charge >= 0.3 is 0 Å². The highest BCUT2D eigenvalue weighted by molar-refractivity contribution is 8.06. The smallest absolute Gasteiger partial charge is 0.228 e. The van der Waals surface area contributed by atoms with E-state index in [0.717, 1.165) is 36.9 Å². The molecule has 19 heavy (non-hydrogen) atoms. The zero-order chi connectivity index (χ0) is 13.5. The van der Waals surface area contributed by atoms with Gasteiger partial charge in [-0.3, -0.25) is 0 Å². The predicted octanol–water partition coefficient (Wildman–Crippen LogP) is 2.91. The van der Waals surface area contributed by atoms with Gasteiger partial charge in [-0.05, 0) is 13.0 Å². The first-order valence-corrected chi connectivity index (χ1v) is 9.29. The zero-order valence-electron chi connectivity index (χ0n) is 11.7. The first-order valence-electron chi connectivity index (χ1n) is 7.08. The van der Waals surface area contributed by atoms with Gasteiger partial charge in [0.2, 0.25) is 5.89 Å². The van der Waals surface area contributed by atoms with Gasteiger partial charge in [0.25, 0.3) is 0 Å². The monoisotopic (exact) mass is 301 g/mol. The molecule has 1 aliphatic heterocycles. The molecule has 4 nitrogen and oxygen atoms in total. The van der Waals surface area contributed by atoms with E-state index in [1.165, 1.54) is 17.9 Å². The van der Waals surface area contributed by atoms with Crippen LogP contribution in [0.2, 0.25) is 0 Å². The molecular formula is C13H23N3OS2. The van der Waals surface area contributed by atoms with Crippen molar-refractivity contribution in [2.45, 2.75) is 44.4 Å². The number of nitrogens with one attached hydrogen (secondary N) is 1. The molecule has 1 saturated heterocycles. The maximum atomic E-state index is 5.42. The Morgan fingerprint density at radius 3 is 3.00 bits per heavy atom. The SMILES string of the molecule is CCCC(Cc1nc(C2CSCCS2)no1)NCC. The van der Waals surface area contributed by atoms with Crippen LogP contribution in [-0.2, 0) is 6.42 Å². The van der Waals surface area contributed by atoms with E-state index in [1.54, 1.807) is 0 Å². The molecule has 1 aromatic heterocycles. The second-order valence-corrected chi connectivity index (χ2v) is 7.19. The number of hydrogen-bond acceptors (Lipinski definition) is 6. The number of aromatic nitrogens is 2. The third kappa shape index (κ3) is 4.68. The van der Waals surface area contributed by atoms with E-state index >= 15 is 0 Å². The fourth-order valence-electron chi connectivity index (χ4n) is 2.24. The summed E-state index contributed by atoms with van der Waals surface area (Å²) in [6.07, 6.45) is 3.17. The Morgan fingerprint density at radius 1 is 1.42 bits per heavy atom. The molecule has 1 fully saturated rings. The van der Waals surface area contributed by atoms with Crippen LogP contribution in [0.15, 0.2) is 4.52 Å². The number of hydrogen-bond donors (Lipinski definition) is 1. The fraction of sp³-hybridized carbons (Fsp3) is 0.846. The first-order chi connectivity index (χ1) is 9.33. The summed E-state index contributed by atoms with van der Waals surface area (Å²) in [6, 6.07) is 0.455. The summed E-state index contributed by atoms with van der Waals surface area (Å²) in [5.41, 5.74) is 0. The Kier molecular flexibility index (Phi) is 6.53. The minimum atomic E-state index is 0.417. The number of rotatable bonds is 7. The summed E-state index contributed by atoms with van der Waals surface area (Å²) in [4.78, 5) is 4.59. The highest BCUT2D eigenvalue weighted by Crippen LogP contribution is 2.35. The van der Waals surface area contributed by atoms with Crippen LogP contribution in [0.1, 0.15) is 43.7 Å². The van der Waals surface area contributed by atoms with Crippen LogP contribution in [0.3, 0.4) is 0 Å². The van der Waals surface area contributed by atoms with Crippen molar-refractivity contribution in [2.24, 2.45) is 0 Å². The lowest BCUT2D eigenvalue weighted by Gasteiger charge is -2.17. The van der Waals surface area contributed by atoms with E-state index in [9.17, 15) is 0 Å². The van der Waals surface area contributed by atoms with Crippen molar-refractivity contribution in [3.63, 3.8) is 0 Å². The Labute approximate surface area is 123 Å². The number of thioether (sulfide) groups is 2. The lowest BCUT2D eigenvalue weighted by Crippen LogP contribution is -2.30. The fourth-order valence-corrected chi connectivity index (χ4v) is 4.83. The number of nitrogens with zero attached hydrogens (tertiary/aromatic N) is 2. The molecule has 6 heteroatoms. The van der Waals surface area contributed by atoms with Gasteiger partial charge in [-0.1, -0.05) is 25.4 Å². The van der Waals surface area contributed by atoms with Crippen LogP contribution in [0.4, 0.5) is 0 Å². The Hall–Kier alpha value is -0.200. The van der Waals surface area contributed by atoms with Crippen LogP contribution in [0.5, 0.6) is 0 Å². The van der Waals surface area contributed by atoms with Gasteiger partial charge in [0.05, 0.1) is 5.25 Å². The van der Waals surface area contributed by atoms with Crippen LogP contribution < -0.4 is 5.32 Å². The van der Waals surface area contributed by atoms with Crippen molar-refractivity contribution in [1.82, 2.24) is 15.5 Å². The van der Waals surface area contributed by atoms with Crippen LogP contribution in [0, 0.1) is 0 Å². The van der Waals surface area contributed by atoms with Crippen molar-refractivity contribution in [3.8, 4) is 0 Å². The molecule has 0 aromatic carbocycles. The van der Waals surface area contributed by atoms with Crippen molar-refractivity contribution in [2.75, 3.05) is 23.8 Å². The molecule has 108 valence electrons. The molecule has 0 saturated carbocycles. The Balaban J connectivity index is 1.91. The number of likely N-dealkylation sites (N-methyl/N-ethyl adjacent to an activating group) is 1. The largest absolute Gasteiger partial charge is 0.339 e. The quantitative estimate of drug-likeness (QED) is 0.835. The van der Waals surface area contributed by atoms with Crippen molar-refractivity contribution in [1.29, 1.82) is 0 Å². The maximum Gasteiger partial charge on any atom is 0.228 e. The van der Waals surface area contributed by atoms with Gasteiger partial charge in [0, 0.05) is 29.7 Å². The van der Waals surface area contributed by atoms with Gasteiger partial charge in [-0.15, -0.1) is 11.8 Å². The molecule has 0 aliphatic carbocycles. The minimum Gasteiger partial charge on any atom is -0.339 e. The second-order valence-electron chi connectivity index (χ2n) is 4.73. The first kappa shape index (κ1) is 15.2. The lowest BCUT2D eigenvalue weighted by molar-refractivity contribution is 0.348. The highest BCUT2D eigenvalue weighted by Gasteiger charge is 2.22. The summed E-state index contributed by atoms with van der Waals surface area (Å²) < 4.78 is 5.42. The lowest BCUT2D eigenvalue weighted by atomic mass is 10.1. The molecule has 1 aliphatic rings. The predicted molar refractivity (Wildman–Crippen MR) is 82.9 cm³/mol. The second kappa shape index (κ2) is 8.17. The summed E-state index contributed by atoms with van der Waals surface area (Å²) >= 11 is 3.93. The average Bonchev–Trinajstić information content (AvgIpc) is 2.89. The molecule has 0 spiro atoms. The van der Waals surface area contributed by atoms with E-state index in [4.69, 9.17) is 4.52 Å². The van der Waals surface area contributed by atoms with E-state index in [1.807, 2.05) is 23.5 Å². The summed E-state index contributed by atoms with van der Waals surface area (Å²) in [5, 5.41) is 8.07. The van der Waals surface area contributed by atoms with Crippen molar-refractivity contribution in [3.05, 3.63) is 11.7 Å². The molecule has 2 atom stereocenters. The normalized spacial score (nSPS) is 21.5. The average molecular weight is 301 g/mol. The molecule has 1 aromatic rings. The summed E-state index contributed by atoms with van der Waals surface area (Å²) in [5.74, 6) is 5.21.